The molecule has 3 aromatic rings. The lowest BCUT2D eigenvalue weighted by Gasteiger charge is -2.28. The molecule has 1 amide bonds. The summed E-state index contributed by atoms with van der Waals surface area (Å²) >= 11 is 2.94. The number of thiazole rings is 1. The van der Waals surface area contributed by atoms with E-state index in [0.717, 1.165) is 21.3 Å². The Morgan fingerprint density at radius 2 is 2.22 bits per heavy atom. The van der Waals surface area contributed by atoms with Crippen LogP contribution in [-0.4, -0.2) is 35.0 Å². The van der Waals surface area contributed by atoms with E-state index in [9.17, 15) is 9.59 Å². The Balaban J connectivity index is 1.35. The van der Waals surface area contributed by atoms with Gasteiger partial charge in [-0.05, 0) is 41.3 Å². The fourth-order valence-corrected chi connectivity index (χ4v) is 5.21. The van der Waals surface area contributed by atoms with Crippen molar-refractivity contribution in [2.24, 2.45) is 0 Å². The van der Waals surface area contributed by atoms with Gasteiger partial charge in [0.05, 0.1) is 28.6 Å². The van der Waals surface area contributed by atoms with E-state index in [1.54, 1.807) is 23.3 Å². The quantitative estimate of drug-likeness (QED) is 0.497. The number of thiophene rings is 1. The molecule has 4 N–H and O–H groups in total. The van der Waals surface area contributed by atoms with Gasteiger partial charge >= 0.3 is 5.97 Å². The minimum absolute atomic E-state index is 0.225. The number of anilines is 1. The molecule has 1 unspecified atom stereocenters. The Morgan fingerprint density at radius 1 is 1.34 bits per heavy atom. The van der Waals surface area contributed by atoms with Gasteiger partial charge in [0.1, 0.15) is 6.17 Å². The molecule has 5 rings (SSSR count). The average molecular weight is 466 g/mol. The van der Waals surface area contributed by atoms with Gasteiger partial charge in [-0.2, -0.15) is 11.3 Å². The third-order valence-corrected chi connectivity index (χ3v) is 6.78. The molecule has 1 aromatic carbocycles. The van der Waals surface area contributed by atoms with Crippen molar-refractivity contribution in [1.29, 1.82) is 0 Å². The topological polar surface area (TPSA) is 110 Å². The molecule has 0 saturated carbocycles. The molecule has 10 heteroatoms. The Morgan fingerprint density at radius 3 is 3.00 bits per heavy atom. The molecule has 0 fully saturated rings. The van der Waals surface area contributed by atoms with Crippen molar-refractivity contribution in [2.75, 3.05) is 12.8 Å². The van der Waals surface area contributed by atoms with Crippen LogP contribution in [0.25, 0.3) is 15.9 Å². The van der Waals surface area contributed by atoms with Crippen LogP contribution in [0.2, 0.25) is 0 Å². The predicted molar refractivity (Wildman–Crippen MR) is 125 cm³/mol. The first-order chi connectivity index (χ1) is 15.5. The number of hydrogen-bond acceptors (Lipinski definition) is 9. The van der Waals surface area contributed by atoms with E-state index < -0.39 is 12.1 Å². The van der Waals surface area contributed by atoms with Crippen molar-refractivity contribution in [1.82, 2.24) is 20.5 Å². The summed E-state index contributed by atoms with van der Waals surface area (Å²) < 4.78 is 5.98. The molecule has 4 heterocycles. The van der Waals surface area contributed by atoms with Crippen molar-refractivity contribution >= 4 is 55.6 Å². The average Bonchev–Trinajstić information content (AvgIpc) is 3.53. The first-order valence-electron chi connectivity index (χ1n) is 9.76. The Hall–Kier alpha value is -3.63. The number of aromatic nitrogens is 1. The molecule has 1 atom stereocenters. The molecule has 0 radical (unpaired) electrons. The number of ether oxygens (including phenoxy) is 1. The number of benzene rings is 1. The van der Waals surface area contributed by atoms with Crippen LogP contribution in [0.1, 0.15) is 11.1 Å². The van der Waals surface area contributed by atoms with Crippen LogP contribution in [0.15, 0.2) is 64.6 Å². The van der Waals surface area contributed by atoms with E-state index in [1.165, 1.54) is 29.8 Å². The number of nitrogen functional groups attached to an aromatic ring is 1. The largest absolute Gasteiger partial charge is 0.464 e. The van der Waals surface area contributed by atoms with Crippen LogP contribution in [-0.2, 0) is 20.9 Å². The number of carbonyl (C=O) groups excluding carboxylic acids is 2. The number of nitrogens with one attached hydrogen (secondary N) is 2. The van der Waals surface area contributed by atoms with Gasteiger partial charge in [-0.15, -0.1) is 0 Å². The highest BCUT2D eigenvalue weighted by molar-refractivity contribution is 7.22. The summed E-state index contributed by atoms with van der Waals surface area (Å²) in [6.45, 7) is 0.356. The number of rotatable bonds is 5. The number of fused-ring (bicyclic) bond motifs is 2. The van der Waals surface area contributed by atoms with E-state index in [1.807, 2.05) is 35.0 Å². The van der Waals surface area contributed by atoms with Crippen LogP contribution in [0.3, 0.4) is 0 Å². The van der Waals surface area contributed by atoms with Crippen molar-refractivity contribution < 1.29 is 14.3 Å². The SMILES string of the molecule is COC(=O)C1=C(c2ccsc2)NC2C(C(=O)NCc3ccc4nc(N)sc4c3)=CC=CN12. The molecule has 8 nitrogen and oxygen atoms in total. The number of esters is 1. The summed E-state index contributed by atoms with van der Waals surface area (Å²) in [6, 6.07) is 7.71. The fourth-order valence-electron chi connectivity index (χ4n) is 3.76. The van der Waals surface area contributed by atoms with Crippen LogP contribution in [0.4, 0.5) is 5.13 Å². The number of amides is 1. The molecule has 0 aliphatic carbocycles. The van der Waals surface area contributed by atoms with Gasteiger partial charge in [-0.25, -0.2) is 9.78 Å². The third-order valence-electron chi connectivity index (χ3n) is 5.24. The predicted octanol–water partition coefficient (Wildman–Crippen LogP) is 2.78. The number of allylic oxidation sites excluding steroid dienone is 2. The van der Waals surface area contributed by atoms with E-state index in [-0.39, 0.29) is 5.91 Å². The monoisotopic (exact) mass is 465 g/mol. The molecular formula is C22H19N5O3S2. The maximum atomic E-state index is 13.1. The highest BCUT2D eigenvalue weighted by Crippen LogP contribution is 2.34. The first-order valence-corrected chi connectivity index (χ1v) is 11.5. The summed E-state index contributed by atoms with van der Waals surface area (Å²) in [4.78, 5) is 31.6. The second kappa shape index (κ2) is 8.13. The van der Waals surface area contributed by atoms with Crippen LogP contribution < -0.4 is 16.4 Å². The highest BCUT2D eigenvalue weighted by atomic mass is 32.1. The Labute approximate surface area is 191 Å². The zero-order valence-corrected chi connectivity index (χ0v) is 18.6. The lowest BCUT2D eigenvalue weighted by molar-refractivity contribution is -0.137. The molecule has 2 aromatic heterocycles. The summed E-state index contributed by atoms with van der Waals surface area (Å²) in [5.41, 5.74) is 9.95. The number of methoxy groups -OCH3 is 1. The number of nitrogens with zero attached hydrogens (tertiary/aromatic N) is 2. The number of carbonyl (C=O) groups is 2. The van der Waals surface area contributed by atoms with Crippen LogP contribution in [0, 0.1) is 0 Å². The van der Waals surface area contributed by atoms with Gasteiger partial charge in [0.15, 0.2) is 10.8 Å². The fraction of sp³-hybridized carbons (Fsp3) is 0.136. The van der Waals surface area contributed by atoms with Gasteiger partial charge in [-0.3, -0.25) is 4.79 Å². The molecule has 2 aliphatic heterocycles. The zero-order valence-electron chi connectivity index (χ0n) is 17.0. The van der Waals surface area contributed by atoms with Gasteiger partial charge in [-0.1, -0.05) is 17.4 Å². The van der Waals surface area contributed by atoms with Crippen molar-refractivity contribution in [2.45, 2.75) is 12.7 Å². The maximum absolute atomic E-state index is 13.1. The summed E-state index contributed by atoms with van der Waals surface area (Å²) in [7, 11) is 1.35. The van der Waals surface area contributed by atoms with Gasteiger partial charge in [0.25, 0.3) is 5.91 Å². The normalized spacial score (nSPS) is 17.2. The van der Waals surface area contributed by atoms with Gasteiger partial charge in [0.2, 0.25) is 0 Å². The van der Waals surface area contributed by atoms with E-state index >= 15 is 0 Å². The minimum Gasteiger partial charge on any atom is -0.464 e. The van der Waals surface area contributed by atoms with Crippen LogP contribution >= 0.6 is 22.7 Å². The molecule has 162 valence electrons. The molecule has 0 spiro atoms. The number of hydrogen-bond donors (Lipinski definition) is 3. The van der Waals surface area contributed by atoms with Crippen molar-refractivity contribution in [3.05, 3.63) is 75.8 Å². The maximum Gasteiger partial charge on any atom is 0.356 e. The summed E-state index contributed by atoms with van der Waals surface area (Å²) in [5.74, 6) is -0.693. The first kappa shape index (κ1) is 20.3. The highest BCUT2D eigenvalue weighted by Gasteiger charge is 2.40. The van der Waals surface area contributed by atoms with Gasteiger partial charge < -0.3 is 26.0 Å². The molecule has 0 bridgehead atoms. The van der Waals surface area contributed by atoms with Crippen molar-refractivity contribution in [3.63, 3.8) is 0 Å². The zero-order chi connectivity index (χ0) is 22.2. The standard InChI is InChI=1S/C22H19N5O3S2/c1-30-21(29)18-17(13-6-8-31-11-13)26-19-14(3-2-7-27(18)19)20(28)24-10-12-4-5-15-16(9-12)32-22(23)25-15/h2-9,11,19,26H,10H2,1H3,(H2,23,25)(H,24,28). The summed E-state index contributed by atoms with van der Waals surface area (Å²) in [6.07, 6.45) is 4.76. The Bertz CT molecular complexity index is 1310. The summed E-state index contributed by atoms with van der Waals surface area (Å²) in [5, 5.41) is 10.7. The molecule has 32 heavy (non-hydrogen) atoms. The lowest BCUT2D eigenvalue weighted by atomic mass is 10.1. The smallest absolute Gasteiger partial charge is 0.356 e. The minimum atomic E-state index is -0.507. The van der Waals surface area contributed by atoms with Gasteiger partial charge in [0, 0.05) is 23.7 Å². The van der Waals surface area contributed by atoms with E-state index in [2.05, 4.69) is 15.6 Å². The molecule has 2 aliphatic rings. The van der Waals surface area contributed by atoms with E-state index in [4.69, 9.17) is 10.5 Å². The Kier molecular flexibility index (Phi) is 5.16. The second-order valence-corrected chi connectivity index (χ2v) is 9.02. The lowest BCUT2D eigenvalue weighted by Crippen LogP contribution is -2.43. The number of nitrogens with two attached hydrogens (primary N) is 1. The van der Waals surface area contributed by atoms with Crippen LogP contribution in [0.5, 0.6) is 0 Å². The third kappa shape index (κ3) is 3.53. The van der Waals surface area contributed by atoms with E-state index in [0.29, 0.717) is 28.6 Å². The molecular weight excluding hydrogens is 446 g/mol. The van der Waals surface area contributed by atoms with Crippen molar-refractivity contribution in [3.8, 4) is 0 Å². The second-order valence-electron chi connectivity index (χ2n) is 7.18. The molecule has 0 saturated heterocycles.